The highest BCUT2D eigenvalue weighted by molar-refractivity contribution is 6.07. The molecule has 0 N–H and O–H groups in total. The Balaban J connectivity index is 2.15. The fraction of sp³-hybridized carbons (Fsp3) is 0.267. The van der Waals surface area contributed by atoms with Crippen molar-refractivity contribution in [3.05, 3.63) is 53.6 Å². The molecule has 0 aliphatic heterocycles. The van der Waals surface area contributed by atoms with Gasteiger partial charge in [-0.25, -0.2) is 9.97 Å². The zero-order valence-corrected chi connectivity index (χ0v) is 11.1. The van der Waals surface area contributed by atoms with Crippen LogP contribution in [0.5, 0.6) is 5.75 Å². The molecule has 98 valence electrons. The first-order chi connectivity index (χ1) is 9.20. The zero-order valence-electron chi connectivity index (χ0n) is 11.1. The van der Waals surface area contributed by atoms with Gasteiger partial charge in [0.2, 0.25) is 5.78 Å². The highest BCUT2D eigenvalue weighted by Gasteiger charge is 2.10. The van der Waals surface area contributed by atoms with Crippen molar-refractivity contribution in [3.63, 3.8) is 0 Å². The van der Waals surface area contributed by atoms with Crippen LogP contribution in [-0.2, 0) is 0 Å². The van der Waals surface area contributed by atoms with Gasteiger partial charge in [0.1, 0.15) is 17.3 Å². The summed E-state index contributed by atoms with van der Waals surface area (Å²) in [6.45, 7) is 4.49. The van der Waals surface area contributed by atoms with E-state index in [1.54, 1.807) is 43.5 Å². The number of benzene rings is 1. The van der Waals surface area contributed by atoms with Crippen LogP contribution in [0.15, 0.2) is 36.5 Å². The van der Waals surface area contributed by atoms with Crippen LogP contribution in [0.2, 0.25) is 0 Å². The monoisotopic (exact) mass is 256 g/mol. The van der Waals surface area contributed by atoms with E-state index in [0.29, 0.717) is 23.7 Å². The van der Waals surface area contributed by atoms with Crippen LogP contribution in [0, 0.1) is 6.92 Å². The van der Waals surface area contributed by atoms with Gasteiger partial charge in [0.15, 0.2) is 0 Å². The van der Waals surface area contributed by atoms with Gasteiger partial charge in [-0.2, -0.15) is 0 Å². The lowest BCUT2D eigenvalue weighted by Gasteiger charge is -2.05. The Labute approximate surface area is 112 Å². The van der Waals surface area contributed by atoms with Crippen LogP contribution in [0.3, 0.4) is 0 Å². The number of hydrogen-bond acceptors (Lipinski definition) is 4. The molecular weight excluding hydrogens is 240 g/mol. The molecule has 1 aromatic carbocycles. The fourth-order valence-corrected chi connectivity index (χ4v) is 1.65. The quantitative estimate of drug-likeness (QED) is 0.772. The Hall–Kier alpha value is -2.23. The average molecular weight is 256 g/mol. The molecule has 0 radical (unpaired) electrons. The van der Waals surface area contributed by atoms with Crippen molar-refractivity contribution in [2.45, 2.75) is 20.3 Å². The van der Waals surface area contributed by atoms with Crippen molar-refractivity contribution < 1.29 is 9.53 Å². The van der Waals surface area contributed by atoms with E-state index >= 15 is 0 Å². The lowest BCUT2D eigenvalue weighted by Crippen LogP contribution is -2.05. The Morgan fingerprint density at radius 2 is 1.95 bits per heavy atom. The molecule has 0 bridgehead atoms. The van der Waals surface area contributed by atoms with Gasteiger partial charge in [0.25, 0.3) is 0 Å². The summed E-state index contributed by atoms with van der Waals surface area (Å²) in [5.74, 6) is 1.26. The van der Waals surface area contributed by atoms with Crippen LogP contribution in [-0.4, -0.2) is 22.4 Å². The van der Waals surface area contributed by atoms with E-state index in [1.807, 2.05) is 0 Å². The highest BCUT2D eigenvalue weighted by Crippen LogP contribution is 2.14. The number of nitrogens with zero attached hydrogens (tertiary/aromatic N) is 2. The molecule has 2 aromatic rings. The van der Waals surface area contributed by atoms with Gasteiger partial charge in [0, 0.05) is 11.8 Å². The number of ketones is 1. The van der Waals surface area contributed by atoms with Gasteiger partial charge in [-0.15, -0.1) is 0 Å². The standard InChI is InChI=1S/C15H16N2O2/c1-3-10-19-13-6-4-12(5-7-13)15(18)14-8-9-16-11(2)17-14/h4-9H,3,10H2,1-2H3. The molecule has 4 nitrogen and oxygen atoms in total. The zero-order chi connectivity index (χ0) is 13.7. The van der Waals surface area contributed by atoms with Crippen LogP contribution >= 0.6 is 0 Å². The Bertz CT molecular complexity index is 565. The fourth-order valence-electron chi connectivity index (χ4n) is 1.65. The Morgan fingerprint density at radius 3 is 2.58 bits per heavy atom. The van der Waals surface area contributed by atoms with Gasteiger partial charge in [-0.05, 0) is 43.7 Å². The van der Waals surface area contributed by atoms with Crippen molar-refractivity contribution in [1.82, 2.24) is 9.97 Å². The topological polar surface area (TPSA) is 52.1 Å². The number of rotatable bonds is 5. The Morgan fingerprint density at radius 1 is 1.21 bits per heavy atom. The molecule has 0 saturated carbocycles. The summed E-state index contributed by atoms with van der Waals surface area (Å²) >= 11 is 0. The second-order valence-corrected chi connectivity index (χ2v) is 4.19. The average Bonchev–Trinajstić information content (AvgIpc) is 2.45. The number of carbonyl (C=O) groups is 1. The first-order valence-corrected chi connectivity index (χ1v) is 6.28. The van der Waals surface area contributed by atoms with Crippen LogP contribution in [0.1, 0.15) is 35.2 Å². The SMILES string of the molecule is CCCOc1ccc(C(=O)c2ccnc(C)n2)cc1. The van der Waals surface area contributed by atoms with Crippen molar-refractivity contribution in [3.8, 4) is 5.75 Å². The maximum atomic E-state index is 12.2. The molecule has 0 aliphatic rings. The number of aromatic nitrogens is 2. The number of carbonyl (C=O) groups excluding carboxylic acids is 1. The lowest BCUT2D eigenvalue weighted by molar-refractivity contribution is 0.103. The summed E-state index contributed by atoms with van der Waals surface area (Å²) in [5.41, 5.74) is 1.01. The predicted molar refractivity (Wildman–Crippen MR) is 72.4 cm³/mol. The third-order valence-electron chi connectivity index (χ3n) is 2.60. The van der Waals surface area contributed by atoms with E-state index in [-0.39, 0.29) is 5.78 Å². The predicted octanol–water partition coefficient (Wildman–Crippen LogP) is 2.80. The largest absolute Gasteiger partial charge is 0.494 e. The smallest absolute Gasteiger partial charge is 0.211 e. The van der Waals surface area contributed by atoms with E-state index in [9.17, 15) is 4.79 Å². The molecule has 0 amide bonds. The van der Waals surface area contributed by atoms with Crippen molar-refractivity contribution in [2.75, 3.05) is 6.61 Å². The normalized spacial score (nSPS) is 10.2. The minimum absolute atomic E-state index is 0.104. The number of ether oxygens (including phenoxy) is 1. The maximum absolute atomic E-state index is 12.2. The first-order valence-electron chi connectivity index (χ1n) is 6.28. The van der Waals surface area contributed by atoms with E-state index in [0.717, 1.165) is 12.2 Å². The molecule has 0 saturated heterocycles. The summed E-state index contributed by atoms with van der Waals surface area (Å²) < 4.78 is 5.48. The first kappa shape index (κ1) is 13.2. The molecule has 2 rings (SSSR count). The maximum Gasteiger partial charge on any atom is 0.211 e. The lowest BCUT2D eigenvalue weighted by atomic mass is 10.1. The van der Waals surface area contributed by atoms with Gasteiger partial charge in [-0.1, -0.05) is 6.92 Å². The van der Waals surface area contributed by atoms with E-state index in [2.05, 4.69) is 16.9 Å². The minimum atomic E-state index is -0.104. The van der Waals surface area contributed by atoms with E-state index in [4.69, 9.17) is 4.74 Å². The summed E-state index contributed by atoms with van der Waals surface area (Å²) in [7, 11) is 0. The van der Waals surface area contributed by atoms with Crippen LogP contribution < -0.4 is 4.74 Å². The summed E-state index contributed by atoms with van der Waals surface area (Å²) in [4.78, 5) is 20.3. The molecule has 4 heteroatoms. The second kappa shape index (κ2) is 6.09. The second-order valence-electron chi connectivity index (χ2n) is 4.19. The van der Waals surface area contributed by atoms with Gasteiger partial charge < -0.3 is 4.74 Å². The molecule has 0 fully saturated rings. The molecule has 0 aliphatic carbocycles. The van der Waals surface area contributed by atoms with Gasteiger partial charge >= 0.3 is 0 Å². The number of hydrogen-bond donors (Lipinski definition) is 0. The minimum Gasteiger partial charge on any atom is -0.494 e. The van der Waals surface area contributed by atoms with E-state index in [1.165, 1.54) is 0 Å². The van der Waals surface area contributed by atoms with Crippen molar-refractivity contribution in [1.29, 1.82) is 0 Å². The summed E-state index contributed by atoms with van der Waals surface area (Å²) in [6.07, 6.45) is 2.55. The van der Waals surface area contributed by atoms with Crippen molar-refractivity contribution >= 4 is 5.78 Å². The highest BCUT2D eigenvalue weighted by atomic mass is 16.5. The molecule has 0 atom stereocenters. The summed E-state index contributed by atoms with van der Waals surface area (Å²) in [6, 6.07) is 8.74. The van der Waals surface area contributed by atoms with Gasteiger partial charge in [0.05, 0.1) is 6.61 Å². The number of aryl methyl sites for hydroxylation is 1. The molecule has 19 heavy (non-hydrogen) atoms. The molecule has 0 unspecified atom stereocenters. The molecule has 1 heterocycles. The third kappa shape index (κ3) is 3.37. The molecule has 1 aromatic heterocycles. The molecular formula is C15H16N2O2. The van der Waals surface area contributed by atoms with Crippen LogP contribution in [0.4, 0.5) is 0 Å². The van der Waals surface area contributed by atoms with E-state index < -0.39 is 0 Å². The van der Waals surface area contributed by atoms with Gasteiger partial charge in [-0.3, -0.25) is 4.79 Å². The Kier molecular flexibility index (Phi) is 4.23. The molecule has 0 spiro atoms. The summed E-state index contributed by atoms with van der Waals surface area (Å²) in [5, 5.41) is 0. The third-order valence-corrected chi connectivity index (χ3v) is 2.60. The van der Waals surface area contributed by atoms with Crippen molar-refractivity contribution in [2.24, 2.45) is 0 Å². The van der Waals surface area contributed by atoms with Crippen LogP contribution in [0.25, 0.3) is 0 Å².